The molecule has 0 aliphatic heterocycles. The molecule has 2 aromatic heterocycles. The molecule has 0 N–H and O–H groups in total. The molecule has 0 radical (unpaired) electrons. The van der Waals surface area contributed by atoms with Gasteiger partial charge in [-0.15, -0.1) is 22.7 Å². The minimum atomic E-state index is -0.828. The number of benzene rings is 2. The Hall–Kier alpha value is -4.26. The van der Waals surface area contributed by atoms with Gasteiger partial charge in [0.15, 0.2) is 11.6 Å². The van der Waals surface area contributed by atoms with Crippen molar-refractivity contribution in [2.45, 2.75) is 93.9 Å². The van der Waals surface area contributed by atoms with E-state index in [0.29, 0.717) is 0 Å². The number of nitrogens with zero attached hydrogens (tertiary/aromatic N) is 2. The Labute approximate surface area is 356 Å². The van der Waals surface area contributed by atoms with Gasteiger partial charge in [-0.25, -0.2) is 0 Å². The Kier molecular flexibility index (Phi) is 9.85. The number of ketones is 2. The van der Waals surface area contributed by atoms with E-state index < -0.39 is 32.5 Å². The quantitative estimate of drug-likeness (QED) is 0.206. The van der Waals surface area contributed by atoms with Gasteiger partial charge >= 0.3 is 0 Å². The van der Waals surface area contributed by atoms with E-state index in [2.05, 4.69) is 206 Å². The van der Waals surface area contributed by atoms with E-state index in [1.165, 1.54) is 30.6 Å². The molecule has 0 atom stereocenters. The Morgan fingerprint density at radius 2 is 0.690 bits per heavy atom. The molecule has 0 saturated carbocycles. The van der Waals surface area contributed by atoms with Gasteiger partial charge in [-0.05, 0) is 80.3 Å². The molecule has 0 fully saturated rings. The fourth-order valence-corrected chi connectivity index (χ4v) is 11.6. The van der Waals surface area contributed by atoms with Gasteiger partial charge in [-0.3, -0.25) is 9.59 Å². The topological polar surface area (TPSA) is 40.6 Å². The van der Waals surface area contributed by atoms with Crippen molar-refractivity contribution in [1.82, 2.24) is 0 Å². The largest absolute Gasteiger partial charge is 0.378 e. The number of rotatable bonds is 4. The zero-order valence-corrected chi connectivity index (χ0v) is 39.2. The fourth-order valence-electron chi connectivity index (χ4n) is 8.82. The first kappa shape index (κ1) is 41.9. The number of anilines is 2. The van der Waals surface area contributed by atoms with E-state index >= 15 is 0 Å². The average molecular weight is 811 g/mol. The van der Waals surface area contributed by atoms with Crippen LogP contribution in [0.25, 0.3) is 32.0 Å². The van der Waals surface area contributed by atoms with Crippen LogP contribution in [0, 0.1) is 21.7 Å². The van der Waals surface area contributed by atoms with E-state index in [-0.39, 0.29) is 11.6 Å². The van der Waals surface area contributed by atoms with Crippen molar-refractivity contribution in [1.29, 1.82) is 0 Å². The highest BCUT2D eigenvalue weighted by atomic mass is 32.1. The molecular weight excluding hydrogens is 749 g/mol. The van der Waals surface area contributed by atoms with Gasteiger partial charge in [-0.2, -0.15) is 0 Å². The Morgan fingerprint density at radius 1 is 0.431 bits per heavy atom. The minimum Gasteiger partial charge on any atom is -0.378 e. The van der Waals surface area contributed by atoms with Crippen molar-refractivity contribution < 1.29 is 9.59 Å². The number of hydrogen-bond acceptors (Lipinski definition) is 6. The van der Waals surface area contributed by atoms with Gasteiger partial charge in [0.05, 0.1) is 10.8 Å². The van der Waals surface area contributed by atoms with E-state index in [9.17, 15) is 9.59 Å². The molecule has 2 spiro atoms. The zero-order valence-electron chi connectivity index (χ0n) is 37.6. The number of carbonyl (C=O) groups excluding carboxylic acids is 2. The third kappa shape index (κ3) is 6.72. The molecule has 4 nitrogen and oxygen atoms in total. The average Bonchev–Trinajstić information content (AvgIpc) is 3.77. The van der Waals surface area contributed by atoms with Crippen LogP contribution in [0.15, 0.2) is 107 Å². The molecule has 0 bridgehead atoms. The van der Waals surface area contributed by atoms with E-state index in [4.69, 9.17) is 0 Å². The maximum absolute atomic E-state index is 14.9. The van der Waals surface area contributed by atoms with Crippen molar-refractivity contribution in [2.75, 3.05) is 38.0 Å². The maximum Gasteiger partial charge on any atom is 0.185 e. The maximum atomic E-state index is 14.9. The lowest BCUT2D eigenvalue weighted by molar-refractivity contribution is -0.115. The highest BCUT2D eigenvalue weighted by Gasteiger charge is 2.61. The molecule has 0 amide bonds. The number of thiophene rings is 2. The van der Waals surface area contributed by atoms with E-state index in [1.54, 1.807) is 0 Å². The highest BCUT2D eigenvalue weighted by molar-refractivity contribution is 7.17. The third-order valence-corrected chi connectivity index (χ3v) is 14.9. The molecular formula is C52H62N2O2S2. The molecule has 3 aliphatic rings. The van der Waals surface area contributed by atoms with Crippen LogP contribution in [-0.4, -0.2) is 39.8 Å². The summed E-state index contributed by atoms with van der Waals surface area (Å²) >= 11 is 3.67. The second kappa shape index (κ2) is 13.6. The number of allylic oxidation sites excluding steroid dienone is 8. The summed E-state index contributed by atoms with van der Waals surface area (Å²) in [5.74, 6) is 0.230. The van der Waals surface area contributed by atoms with Crippen molar-refractivity contribution >= 4 is 45.6 Å². The number of hydrogen-bond donors (Lipinski definition) is 0. The van der Waals surface area contributed by atoms with Crippen LogP contribution in [0.2, 0.25) is 0 Å². The molecule has 0 unspecified atom stereocenters. The lowest BCUT2D eigenvalue weighted by Crippen LogP contribution is -2.52. The minimum absolute atomic E-state index is 0.115. The first-order valence-electron chi connectivity index (χ1n) is 20.6. The standard InChI is InChI=1S/C52H62N2O2S2/c1-47(2,3)37-27-51(28-38(43(37)55)48(4,5)6)45-35(25-41(57-45)31-17-21-33(22-18-31)53(13)14)36-26-42(32-19-23-34(24-20-32)54(15)16)58-46(36)52(51)29-39(49(7,8)9)44(56)40(30-52)50(10,11)12/h17-30H,1-16H3. The van der Waals surface area contributed by atoms with Crippen LogP contribution in [0.4, 0.5) is 11.4 Å². The van der Waals surface area contributed by atoms with Crippen LogP contribution in [0.5, 0.6) is 0 Å². The van der Waals surface area contributed by atoms with Crippen LogP contribution in [-0.2, 0) is 20.4 Å². The van der Waals surface area contributed by atoms with Gasteiger partial charge in [0.1, 0.15) is 0 Å². The number of carbonyl (C=O) groups is 2. The summed E-state index contributed by atoms with van der Waals surface area (Å²) < 4.78 is 0. The summed E-state index contributed by atoms with van der Waals surface area (Å²) in [6.07, 6.45) is 9.37. The SMILES string of the molecule is CN(C)c1ccc(-c2cc3c(s2)C2(C=C(C(C)(C)C)C(=O)C(C(C)(C)C)=C2)C2(C=C(C(C)(C)C)C(=O)C(C(C)(C)C)=C2)c2sc(-c4ccc(N(C)C)cc4)cc2-3)cc1. The van der Waals surface area contributed by atoms with Crippen LogP contribution >= 0.6 is 22.7 Å². The normalized spacial score (nSPS) is 17.7. The summed E-state index contributed by atoms with van der Waals surface area (Å²) in [5.41, 5.74) is 6.89. The Bertz CT molecular complexity index is 2200. The van der Waals surface area contributed by atoms with Gasteiger partial charge in [0, 0.05) is 81.4 Å². The first-order valence-corrected chi connectivity index (χ1v) is 22.2. The van der Waals surface area contributed by atoms with E-state index in [1.807, 2.05) is 22.7 Å². The molecule has 2 aromatic carbocycles. The Morgan fingerprint density at radius 3 is 0.914 bits per heavy atom. The monoisotopic (exact) mass is 810 g/mol. The lowest BCUT2D eigenvalue weighted by atomic mass is 9.49. The number of fused-ring (bicyclic) bond motifs is 6. The predicted octanol–water partition coefficient (Wildman–Crippen LogP) is 13.5. The van der Waals surface area contributed by atoms with Gasteiger partial charge in [0.2, 0.25) is 0 Å². The molecule has 58 heavy (non-hydrogen) atoms. The van der Waals surface area contributed by atoms with Crippen LogP contribution < -0.4 is 9.80 Å². The molecule has 2 heterocycles. The van der Waals surface area contributed by atoms with E-state index in [0.717, 1.165) is 44.8 Å². The molecule has 4 aromatic rings. The fraction of sp³-hybridized carbons (Fsp3) is 0.423. The first-order chi connectivity index (χ1) is 26.7. The summed E-state index contributed by atoms with van der Waals surface area (Å²) in [6, 6.07) is 22.5. The molecule has 304 valence electrons. The van der Waals surface area contributed by atoms with Crippen molar-refractivity contribution in [3.8, 4) is 32.0 Å². The number of Topliss-reactive ketones (excluding diaryl/α,β-unsaturated/α-hetero) is 2. The highest BCUT2D eigenvalue weighted by Crippen LogP contribution is 2.67. The van der Waals surface area contributed by atoms with Gasteiger partial charge < -0.3 is 9.80 Å². The van der Waals surface area contributed by atoms with Gasteiger partial charge in [0.25, 0.3) is 0 Å². The van der Waals surface area contributed by atoms with Gasteiger partial charge in [-0.1, -0.05) is 132 Å². The smallest absolute Gasteiger partial charge is 0.185 e. The van der Waals surface area contributed by atoms with Crippen LogP contribution in [0.3, 0.4) is 0 Å². The van der Waals surface area contributed by atoms with Crippen molar-refractivity contribution in [3.63, 3.8) is 0 Å². The molecule has 7 rings (SSSR count). The second-order valence-electron chi connectivity index (χ2n) is 21.2. The van der Waals surface area contributed by atoms with Crippen molar-refractivity contribution in [2.24, 2.45) is 21.7 Å². The molecule has 0 saturated heterocycles. The summed E-state index contributed by atoms with van der Waals surface area (Å²) in [6.45, 7) is 26.0. The summed E-state index contributed by atoms with van der Waals surface area (Å²) in [7, 11) is 8.29. The third-order valence-electron chi connectivity index (χ3n) is 12.2. The molecule has 3 aliphatic carbocycles. The second-order valence-corrected chi connectivity index (χ2v) is 23.3. The zero-order chi connectivity index (χ0) is 42.7. The predicted molar refractivity (Wildman–Crippen MR) is 251 cm³/mol. The summed E-state index contributed by atoms with van der Waals surface area (Å²) in [4.78, 5) is 38.9. The van der Waals surface area contributed by atoms with Crippen LogP contribution in [0.1, 0.15) is 92.8 Å². The lowest BCUT2D eigenvalue weighted by Gasteiger charge is -2.53. The van der Waals surface area contributed by atoms with Crippen molar-refractivity contribution in [3.05, 3.63) is 117 Å². The summed E-state index contributed by atoms with van der Waals surface area (Å²) in [5, 5.41) is 0. The molecule has 6 heteroatoms. The Balaban J connectivity index is 1.71.